The van der Waals surface area contributed by atoms with Crippen LogP contribution in [-0.2, 0) is 4.79 Å². The molecule has 1 atom stereocenters. The fraction of sp³-hybridized carbons (Fsp3) is 0.476. The number of amides is 2. The number of hydrogen-bond donors (Lipinski definition) is 2. The molecule has 0 spiro atoms. The molecule has 0 radical (unpaired) electrons. The molecule has 0 aliphatic rings. The number of alkyl halides is 4. The molecule has 0 saturated heterocycles. The van der Waals surface area contributed by atoms with Crippen LogP contribution < -0.4 is 15.4 Å². The summed E-state index contributed by atoms with van der Waals surface area (Å²) in [5.74, 6) is -5.41. The molecule has 2 rings (SSSR count). The standard InChI is InChI=1S/C21H25F4N5O3/c1-10(2)17(31)28-16-8-14(7-12(4)26-16)13(5)27-18(32)15-6-11(3)19(30-29-15)33-9-21(24,25)20(22)23/h6-8,10,13,20H,9H2,1-5H3,(H,27,32)(H,26,28,31). The van der Waals surface area contributed by atoms with Gasteiger partial charge in [-0.3, -0.25) is 9.59 Å². The van der Waals surface area contributed by atoms with Gasteiger partial charge in [-0.25, -0.2) is 13.8 Å². The van der Waals surface area contributed by atoms with Gasteiger partial charge >= 0.3 is 12.3 Å². The van der Waals surface area contributed by atoms with Crippen LogP contribution in [0.4, 0.5) is 23.4 Å². The Morgan fingerprint density at radius 3 is 2.33 bits per heavy atom. The summed E-state index contributed by atoms with van der Waals surface area (Å²) in [7, 11) is 0. The predicted molar refractivity (Wildman–Crippen MR) is 112 cm³/mol. The molecule has 33 heavy (non-hydrogen) atoms. The van der Waals surface area contributed by atoms with E-state index in [4.69, 9.17) is 0 Å². The Morgan fingerprint density at radius 1 is 1.09 bits per heavy atom. The first-order valence-electron chi connectivity index (χ1n) is 10.0. The summed E-state index contributed by atoms with van der Waals surface area (Å²) < 4.78 is 55.2. The Labute approximate surface area is 188 Å². The maximum absolute atomic E-state index is 13.0. The molecule has 12 heteroatoms. The summed E-state index contributed by atoms with van der Waals surface area (Å²) >= 11 is 0. The lowest BCUT2D eigenvalue weighted by Crippen LogP contribution is -2.34. The molecular weight excluding hydrogens is 446 g/mol. The first-order valence-corrected chi connectivity index (χ1v) is 10.0. The van der Waals surface area contributed by atoms with Gasteiger partial charge in [0.05, 0.1) is 6.04 Å². The highest BCUT2D eigenvalue weighted by Crippen LogP contribution is 2.25. The Morgan fingerprint density at radius 2 is 1.76 bits per heavy atom. The summed E-state index contributed by atoms with van der Waals surface area (Å²) in [6, 6.07) is 4.12. The molecule has 2 amide bonds. The molecule has 2 heterocycles. The number of carbonyl (C=O) groups excluding carboxylic acids is 2. The van der Waals surface area contributed by atoms with Gasteiger partial charge in [0, 0.05) is 17.2 Å². The Bertz CT molecular complexity index is 1020. The third-order valence-electron chi connectivity index (χ3n) is 4.49. The van der Waals surface area contributed by atoms with Crippen LogP contribution in [0.3, 0.4) is 0 Å². The number of aromatic nitrogens is 3. The van der Waals surface area contributed by atoms with Crippen LogP contribution in [0.5, 0.6) is 5.88 Å². The van der Waals surface area contributed by atoms with Crippen LogP contribution in [0.1, 0.15) is 54.1 Å². The minimum Gasteiger partial charge on any atom is -0.470 e. The van der Waals surface area contributed by atoms with Crippen LogP contribution in [0.2, 0.25) is 0 Å². The van der Waals surface area contributed by atoms with Gasteiger partial charge in [0.25, 0.3) is 5.91 Å². The normalized spacial score (nSPS) is 12.6. The number of halogens is 4. The molecule has 0 aromatic carbocycles. The first-order chi connectivity index (χ1) is 15.3. The van der Waals surface area contributed by atoms with Gasteiger partial charge < -0.3 is 15.4 Å². The number of hydrogen-bond acceptors (Lipinski definition) is 6. The SMILES string of the molecule is Cc1cc(C(C)NC(=O)c2cc(C)c(OCC(F)(F)C(F)F)nn2)cc(NC(=O)C(C)C)n1. The van der Waals surface area contributed by atoms with E-state index in [-0.39, 0.29) is 29.0 Å². The zero-order valence-corrected chi connectivity index (χ0v) is 18.7. The topological polar surface area (TPSA) is 106 Å². The summed E-state index contributed by atoms with van der Waals surface area (Å²) in [6.07, 6.45) is -3.88. The average Bonchev–Trinajstić information content (AvgIpc) is 2.72. The molecule has 2 aromatic rings. The Balaban J connectivity index is 2.10. The van der Waals surface area contributed by atoms with E-state index in [2.05, 4.69) is 30.6 Å². The Kier molecular flexibility index (Phi) is 8.29. The molecule has 0 aliphatic heterocycles. The highest BCUT2D eigenvalue weighted by atomic mass is 19.3. The van der Waals surface area contributed by atoms with Crippen molar-refractivity contribution < 1.29 is 31.9 Å². The van der Waals surface area contributed by atoms with Gasteiger partial charge in [0.1, 0.15) is 5.82 Å². The zero-order chi connectivity index (χ0) is 24.9. The third kappa shape index (κ3) is 7.09. The van der Waals surface area contributed by atoms with E-state index < -0.39 is 30.9 Å². The molecule has 0 bridgehead atoms. The van der Waals surface area contributed by atoms with Crippen molar-refractivity contribution in [1.29, 1.82) is 0 Å². The molecule has 2 N–H and O–H groups in total. The van der Waals surface area contributed by atoms with E-state index in [9.17, 15) is 27.2 Å². The second-order valence-electron chi connectivity index (χ2n) is 7.83. The van der Waals surface area contributed by atoms with E-state index in [0.717, 1.165) is 0 Å². The molecule has 2 aromatic heterocycles. The number of carbonyl (C=O) groups is 2. The van der Waals surface area contributed by atoms with E-state index in [1.165, 1.54) is 13.0 Å². The van der Waals surface area contributed by atoms with Crippen molar-refractivity contribution in [3.63, 3.8) is 0 Å². The highest BCUT2D eigenvalue weighted by molar-refractivity contribution is 5.93. The number of nitrogens with zero attached hydrogens (tertiary/aromatic N) is 3. The second kappa shape index (κ2) is 10.5. The lowest BCUT2D eigenvalue weighted by atomic mass is 10.1. The van der Waals surface area contributed by atoms with E-state index >= 15 is 0 Å². The van der Waals surface area contributed by atoms with Gasteiger partial charge in [-0.1, -0.05) is 13.8 Å². The molecule has 0 fully saturated rings. The highest BCUT2D eigenvalue weighted by Gasteiger charge is 2.42. The summed E-state index contributed by atoms with van der Waals surface area (Å²) in [5.41, 5.74) is 1.36. The number of rotatable bonds is 9. The van der Waals surface area contributed by atoms with Crippen molar-refractivity contribution in [3.05, 3.63) is 40.7 Å². The van der Waals surface area contributed by atoms with Gasteiger partial charge in [0.2, 0.25) is 11.8 Å². The molecule has 0 saturated carbocycles. The van der Waals surface area contributed by atoms with Crippen LogP contribution in [0.25, 0.3) is 0 Å². The van der Waals surface area contributed by atoms with Gasteiger partial charge in [0.15, 0.2) is 12.3 Å². The fourth-order valence-electron chi connectivity index (χ4n) is 2.59. The van der Waals surface area contributed by atoms with Crippen LogP contribution in [0, 0.1) is 19.8 Å². The van der Waals surface area contributed by atoms with E-state index in [1.54, 1.807) is 39.8 Å². The first kappa shape index (κ1) is 25.9. The van der Waals surface area contributed by atoms with Crippen LogP contribution in [0.15, 0.2) is 18.2 Å². The van der Waals surface area contributed by atoms with Gasteiger partial charge in [-0.2, -0.15) is 8.78 Å². The Hall–Kier alpha value is -3.31. The minimum absolute atomic E-state index is 0.119. The van der Waals surface area contributed by atoms with Crippen LogP contribution in [-0.4, -0.2) is 46.0 Å². The van der Waals surface area contributed by atoms with Crippen molar-refractivity contribution >= 4 is 17.6 Å². The predicted octanol–water partition coefficient (Wildman–Crippen LogP) is 3.85. The monoisotopic (exact) mass is 471 g/mol. The smallest absolute Gasteiger partial charge is 0.340 e. The summed E-state index contributed by atoms with van der Waals surface area (Å²) in [6.45, 7) is 6.80. The number of pyridine rings is 1. The minimum atomic E-state index is -4.34. The maximum atomic E-state index is 13.0. The molecule has 1 unspecified atom stereocenters. The van der Waals surface area contributed by atoms with Crippen molar-refractivity contribution in [2.45, 2.75) is 53.0 Å². The largest absolute Gasteiger partial charge is 0.470 e. The summed E-state index contributed by atoms with van der Waals surface area (Å²) in [5, 5.41) is 12.6. The second-order valence-corrected chi connectivity index (χ2v) is 7.83. The number of nitrogens with one attached hydrogen (secondary N) is 2. The van der Waals surface area contributed by atoms with Crippen molar-refractivity contribution in [1.82, 2.24) is 20.5 Å². The zero-order valence-electron chi connectivity index (χ0n) is 18.7. The average molecular weight is 471 g/mol. The number of anilines is 1. The quantitative estimate of drug-likeness (QED) is 0.538. The molecule has 8 nitrogen and oxygen atoms in total. The fourth-order valence-corrected chi connectivity index (χ4v) is 2.59. The van der Waals surface area contributed by atoms with Gasteiger partial charge in [-0.05, 0) is 44.5 Å². The van der Waals surface area contributed by atoms with Crippen molar-refractivity contribution in [3.8, 4) is 5.88 Å². The lowest BCUT2D eigenvalue weighted by molar-refractivity contribution is -0.148. The van der Waals surface area contributed by atoms with Crippen LogP contribution >= 0.6 is 0 Å². The lowest BCUT2D eigenvalue weighted by Gasteiger charge is -2.17. The number of ether oxygens (including phenoxy) is 1. The van der Waals surface area contributed by atoms with E-state index in [0.29, 0.717) is 17.1 Å². The molecule has 180 valence electrons. The van der Waals surface area contributed by atoms with Gasteiger partial charge in [-0.15, -0.1) is 10.2 Å². The molecule has 0 aliphatic carbocycles. The summed E-state index contributed by atoms with van der Waals surface area (Å²) in [4.78, 5) is 28.8. The van der Waals surface area contributed by atoms with E-state index in [1.807, 2.05) is 0 Å². The van der Waals surface area contributed by atoms with Crippen molar-refractivity contribution in [2.75, 3.05) is 11.9 Å². The molecular formula is C21H25F4N5O3. The van der Waals surface area contributed by atoms with Crippen molar-refractivity contribution in [2.24, 2.45) is 5.92 Å². The number of aryl methyl sites for hydroxylation is 2. The maximum Gasteiger partial charge on any atom is 0.340 e. The third-order valence-corrected chi connectivity index (χ3v) is 4.49.